The Kier molecular flexibility index (Phi) is 5.49. The second kappa shape index (κ2) is 8.18. The number of allylic oxidation sites excluding steroid dienone is 1. The third kappa shape index (κ3) is 3.89. The third-order valence-electron chi connectivity index (χ3n) is 5.05. The number of hydrogen-bond acceptors (Lipinski definition) is 5. The predicted molar refractivity (Wildman–Crippen MR) is 111 cm³/mol. The molecular weight excluding hydrogens is 354 g/mol. The molecule has 0 bridgehead atoms. The van der Waals surface area contributed by atoms with E-state index in [9.17, 15) is 0 Å². The molecule has 2 N–H and O–H groups in total. The number of benzene rings is 2. The van der Waals surface area contributed by atoms with E-state index in [1.807, 2.05) is 36.0 Å². The number of nitriles is 1. The summed E-state index contributed by atoms with van der Waals surface area (Å²) in [6.07, 6.45) is 1.10. The molecule has 2 aromatic rings. The summed E-state index contributed by atoms with van der Waals surface area (Å²) in [4.78, 5) is 1.31. The second-order valence-corrected chi connectivity index (χ2v) is 7.84. The van der Waals surface area contributed by atoms with E-state index in [4.69, 9.17) is 10.00 Å². The molecule has 2 aromatic carbocycles. The summed E-state index contributed by atoms with van der Waals surface area (Å²) in [6.45, 7) is 4.74. The fourth-order valence-electron chi connectivity index (χ4n) is 3.66. The maximum atomic E-state index is 9.10. The van der Waals surface area contributed by atoms with Crippen molar-refractivity contribution in [1.82, 2.24) is 10.6 Å². The van der Waals surface area contributed by atoms with Crippen LogP contribution in [0.15, 0.2) is 48.2 Å². The van der Waals surface area contributed by atoms with Crippen LogP contribution in [0, 0.1) is 11.3 Å². The highest BCUT2D eigenvalue weighted by Crippen LogP contribution is 2.41. The average Bonchev–Trinajstić information content (AvgIpc) is 3.14. The third-order valence-corrected chi connectivity index (χ3v) is 6.14. The quantitative estimate of drug-likeness (QED) is 0.850. The molecule has 1 saturated heterocycles. The van der Waals surface area contributed by atoms with Crippen molar-refractivity contribution in [2.75, 3.05) is 25.6 Å². The molecule has 0 amide bonds. The van der Waals surface area contributed by atoms with E-state index in [1.54, 1.807) is 0 Å². The molecule has 2 aliphatic heterocycles. The average molecular weight is 378 g/mol. The zero-order valence-corrected chi connectivity index (χ0v) is 16.2. The lowest BCUT2D eigenvalue weighted by Gasteiger charge is -2.25. The van der Waals surface area contributed by atoms with E-state index in [-0.39, 0.29) is 6.10 Å². The maximum Gasteiger partial charge on any atom is 0.0991 e. The minimum atomic E-state index is 0.203. The largest absolute Gasteiger partial charge is 0.378 e. The monoisotopic (exact) mass is 377 g/mol. The summed E-state index contributed by atoms with van der Waals surface area (Å²) in [5.74, 6) is 0.907. The molecule has 4 nitrogen and oxygen atoms in total. The Hall–Kier alpha value is -2.26. The summed E-state index contributed by atoms with van der Waals surface area (Å²) in [6, 6.07) is 16.6. The molecule has 1 atom stereocenters. The van der Waals surface area contributed by atoms with Crippen molar-refractivity contribution >= 4 is 16.7 Å². The van der Waals surface area contributed by atoms with Crippen molar-refractivity contribution < 1.29 is 4.74 Å². The zero-order valence-electron chi connectivity index (χ0n) is 15.4. The first-order valence-corrected chi connectivity index (χ1v) is 10.3. The number of morpholine rings is 1. The Morgan fingerprint density at radius 1 is 1.22 bits per heavy atom. The fourth-order valence-corrected chi connectivity index (χ4v) is 4.77. The molecule has 138 valence electrons. The van der Waals surface area contributed by atoms with Crippen molar-refractivity contribution in [2.24, 2.45) is 0 Å². The number of rotatable bonds is 4. The molecule has 0 aromatic heterocycles. The Morgan fingerprint density at radius 2 is 2.07 bits per heavy atom. The van der Waals surface area contributed by atoms with Gasteiger partial charge in [0, 0.05) is 35.7 Å². The summed E-state index contributed by atoms with van der Waals surface area (Å²) in [7, 11) is 0. The molecule has 4 rings (SSSR count). The van der Waals surface area contributed by atoms with Gasteiger partial charge in [-0.15, -0.1) is 11.8 Å². The van der Waals surface area contributed by atoms with Crippen molar-refractivity contribution in [2.45, 2.75) is 19.4 Å². The lowest BCUT2D eigenvalue weighted by Crippen LogP contribution is -2.39. The van der Waals surface area contributed by atoms with E-state index < -0.39 is 0 Å². The number of nitrogens with zero attached hydrogens (tertiary/aromatic N) is 1. The SMILES string of the molecule is CC1=C(c2c(CC3CNCCO3)cccc2-c2ccc(C#N)cc2)SCN1. The molecular formula is C22H23N3OS. The van der Waals surface area contributed by atoms with E-state index in [0.717, 1.165) is 37.6 Å². The number of thioether (sulfide) groups is 1. The normalized spacial score (nSPS) is 19.6. The van der Waals surface area contributed by atoms with Crippen molar-refractivity contribution in [3.05, 3.63) is 64.9 Å². The molecule has 1 fully saturated rings. The molecule has 0 radical (unpaired) electrons. The van der Waals surface area contributed by atoms with Crippen LogP contribution in [0.25, 0.3) is 16.0 Å². The van der Waals surface area contributed by atoms with Gasteiger partial charge in [0.15, 0.2) is 0 Å². The van der Waals surface area contributed by atoms with Gasteiger partial charge >= 0.3 is 0 Å². The first-order chi connectivity index (χ1) is 13.3. The van der Waals surface area contributed by atoms with Gasteiger partial charge in [0.2, 0.25) is 0 Å². The van der Waals surface area contributed by atoms with Crippen LogP contribution in [0.1, 0.15) is 23.6 Å². The molecule has 27 heavy (non-hydrogen) atoms. The lowest BCUT2D eigenvalue weighted by atomic mass is 9.91. The highest BCUT2D eigenvalue weighted by atomic mass is 32.2. The molecule has 0 spiro atoms. The van der Waals surface area contributed by atoms with Gasteiger partial charge in [-0.05, 0) is 35.7 Å². The summed E-state index contributed by atoms with van der Waals surface area (Å²) < 4.78 is 5.97. The first kappa shape index (κ1) is 18.1. The zero-order chi connectivity index (χ0) is 18.6. The first-order valence-electron chi connectivity index (χ1n) is 9.29. The molecule has 0 aliphatic carbocycles. The van der Waals surface area contributed by atoms with E-state index in [1.165, 1.54) is 27.3 Å². The van der Waals surface area contributed by atoms with Gasteiger partial charge in [0.25, 0.3) is 0 Å². The maximum absolute atomic E-state index is 9.10. The minimum Gasteiger partial charge on any atom is -0.378 e. The molecule has 1 unspecified atom stereocenters. The lowest BCUT2D eigenvalue weighted by molar-refractivity contribution is 0.0292. The van der Waals surface area contributed by atoms with Crippen LogP contribution in [0.4, 0.5) is 0 Å². The Labute approximate surface area is 164 Å². The van der Waals surface area contributed by atoms with Crippen LogP contribution >= 0.6 is 11.8 Å². The summed E-state index contributed by atoms with van der Waals surface area (Å²) in [5, 5.41) is 16.0. The van der Waals surface area contributed by atoms with Crippen LogP contribution in [0.3, 0.4) is 0 Å². The van der Waals surface area contributed by atoms with Crippen molar-refractivity contribution in [3.8, 4) is 17.2 Å². The van der Waals surface area contributed by atoms with E-state index in [2.05, 4.69) is 41.8 Å². The molecule has 0 saturated carbocycles. The smallest absolute Gasteiger partial charge is 0.0991 e. The summed E-state index contributed by atoms with van der Waals surface area (Å²) >= 11 is 1.86. The van der Waals surface area contributed by atoms with Gasteiger partial charge in [-0.2, -0.15) is 5.26 Å². The number of ether oxygens (including phenoxy) is 1. The van der Waals surface area contributed by atoms with Crippen LogP contribution in [-0.2, 0) is 11.2 Å². The highest BCUT2D eigenvalue weighted by molar-refractivity contribution is 8.08. The van der Waals surface area contributed by atoms with Crippen LogP contribution in [0.2, 0.25) is 0 Å². The van der Waals surface area contributed by atoms with Crippen molar-refractivity contribution in [3.63, 3.8) is 0 Å². The minimum absolute atomic E-state index is 0.203. The van der Waals surface area contributed by atoms with Crippen LogP contribution in [0.5, 0.6) is 0 Å². The summed E-state index contributed by atoms with van der Waals surface area (Å²) in [5.41, 5.74) is 6.88. The Morgan fingerprint density at radius 3 is 2.74 bits per heavy atom. The van der Waals surface area contributed by atoms with Gasteiger partial charge in [0.05, 0.1) is 30.2 Å². The van der Waals surface area contributed by atoms with E-state index in [0.29, 0.717) is 5.56 Å². The predicted octanol–water partition coefficient (Wildman–Crippen LogP) is 3.74. The fraction of sp³-hybridized carbons (Fsp3) is 0.318. The van der Waals surface area contributed by atoms with Crippen LogP contribution in [-0.4, -0.2) is 31.7 Å². The van der Waals surface area contributed by atoms with Crippen LogP contribution < -0.4 is 10.6 Å². The molecule has 2 aliphatic rings. The van der Waals surface area contributed by atoms with Gasteiger partial charge in [0.1, 0.15) is 0 Å². The number of hydrogen-bond donors (Lipinski definition) is 2. The van der Waals surface area contributed by atoms with Gasteiger partial charge in [-0.1, -0.05) is 30.3 Å². The second-order valence-electron chi connectivity index (χ2n) is 6.85. The van der Waals surface area contributed by atoms with Gasteiger partial charge in [-0.3, -0.25) is 0 Å². The standard InChI is InChI=1S/C22H23N3OS/c1-15-22(27-14-25-15)21-18(11-19-13-24-9-10-26-19)3-2-4-20(21)17-7-5-16(12-23)6-8-17/h2-8,19,24-25H,9-11,13-14H2,1H3. The van der Waals surface area contributed by atoms with Crippen molar-refractivity contribution in [1.29, 1.82) is 5.26 Å². The number of nitrogens with one attached hydrogen (secondary N) is 2. The van der Waals surface area contributed by atoms with Gasteiger partial charge < -0.3 is 15.4 Å². The van der Waals surface area contributed by atoms with Gasteiger partial charge in [-0.25, -0.2) is 0 Å². The van der Waals surface area contributed by atoms with E-state index >= 15 is 0 Å². The topological polar surface area (TPSA) is 57.1 Å². The Bertz CT molecular complexity index is 893. The molecule has 2 heterocycles. The highest BCUT2D eigenvalue weighted by Gasteiger charge is 2.23. The Balaban J connectivity index is 1.79. The molecule has 5 heteroatoms.